The number of anilines is 1. The number of fused-ring (bicyclic) bond motifs is 1. The lowest BCUT2D eigenvalue weighted by atomic mass is 10.0. The second-order valence-electron chi connectivity index (χ2n) is 5.16. The van der Waals surface area contributed by atoms with Gasteiger partial charge < -0.3 is 15.5 Å². The average molecular weight is 327 g/mol. The van der Waals surface area contributed by atoms with Gasteiger partial charge in [0.15, 0.2) is 6.04 Å². The van der Waals surface area contributed by atoms with Crippen LogP contribution in [0, 0.1) is 0 Å². The average Bonchev–Trinajstić information content (AvgIpc) is 2.43. The number of aliphatic hydroxyl groups excluding tert-OH is 1. The van der Waals surface area contributed by atoms with Crippen molar-refractivity contribution in [3.63, 3.8) is 0 Å². The molecule has 1 unspecified atom stereocenters. The van der Waals surface area contributed by atoms with Gasteiger partial charge in [0.25, 0.3) is 10.0 Å². The molecular weight excluding hydrogens is 310 g/mol. The molecule has 1 aliphatic rings. The van der Waals surface area contributed by atoms with Crippen LogP contribution in [-0.2, 0) is 14.8 Å². The topological polar surface area (TPSA) is 128 Å². The quantitative estimate of drug-likeness (QED) is 0.630. The molecule has 1 heterocycles. The maximum Gasteiger partial charge on any atom is 0.330 e. The van der Waals surface area contributed by atoms with E-state index >= 15 is 0 Å². The largest absolute Gasteiger partial charge is 0.480 e. The molecule has 1 aromatic carbocycles. The molecular formula is C13H17N3O5S. The summed E-state index contributed by atoms with van der Waals surface area (Å²) in [6.45, 7) is 3.16. The van der Waals surface area contributed by atoms with Crippen LogP contribution in [-0.4, -0.2) is 43.2 Å². The van der Waals surface area contributed by atoms with Crippen molar-refractivity contribution in [2.75, 3.05) is 11.9 Å². The number of guanidine groups is 1. The zero-order valence-corrected chi connectivity index (χ0v) is 12.9. The Morgan fingerprint density at radius 2 is 2.05 bits per heavy atom. The predicted octanol–water partition coefficient (Wildman–Crippen LogP) is 0.315. The molecule has 0 bridgehead atoms. The molecule has 1 aromatic rings. The lowest BCUT2D eigenvalue weighted by molar-refractivity contribution is -0.139. The van der Waals surface area contributed by atoms with Crippen LogP contribution in [0.2, 0.25) is 0 Å². The van der Waals surface area contributed by atoms with Crippen molar-refractivity contribution in [2.24, 2.45) is 4.99 Å². The lowest BCUT2D eigenvalue weighted by Gasteiger charge is -2.23. The number of carboxylic acid groups (broad SMARTS) is 1. The Balaban J connectivity index is 2.44. The van der Waals surface area contributed by atoms with Crippen LogP contribution in [0.4, 0.5) is 5.69 Å². The first-order chi connectivity index (χ1) is 10.2. The van der Waals surface area contributed by atoms with Gasteiger partial charge in [0.1, 0.15) is 4.90 Å². The van der Waals surface area contributed by atoms with Gasteiger partial charge in [0.2, 0.25) is 5.96 Å². The fourth-order valence-electron chi connectivity index (χ4n) is 1.95. The van der Waals surface area contributed by atoms with E-state index in [0.717, 1.165) is 5.56 Å². The highest BCUT2D eigenvalue weighted by Crippen LogP contribution is 2.28. The fourth-order valence-corrected chi connectivity index (χ4v) is 3.12. The summed E-state index contributed by atoms with van der Waals surface area (Å²) in [5, 5.41) is 20.5. The van der Waals surface area contributed by atoms with Crippen LogP contribution in [0.1, 0.15) is 25.3 Å². The molecule has 1 aliphatic heterocycles. The maximum absolute atomic E-state index is 12.3. The Bertz CT molecular complexity index is 727. The molecule has 0 spiro atoms. The normalized spacial score (nSPS) is 19.2. The highest BCUT2D eigenvalue weighted by Gasteiger charge is 2.28. The number of aliphatic hydroxyl groups is 1. The number of carbonyl (C=O) groups is 1. The van der Waals surface area contributed by atoms with E-state index in [-0.39, 0.29) is 16.8 Å². The van der Waals surface area contributed by atoms with E-state index in [2.05, 4.69) is 15.0 Å². The minimum atomic E-state index is -3.84. The highest BCUT2D eigenvalue weighted by molar-refractivity contribution is 7.90. The summed E-state index contributed by atoms with van der Waals surface area (Å²) >= 11 is 0. The number of sulfonamides is 1. The summed E-state index contributed by atoms with van der Waals surface area (Å²) in [6, 6.07) is 3.51. The van der Waals surface area contributed by atoms with Crippen LogP contribution in [0.5, 0.6) is 0 Å². The lowest BCUT2D eigenvalue weighted by Crippen LogP contribution is -2.42. The molecule has 0 fully saturated rings. The van der Waals surface area contributed by atoms with Crippen LogP contribution in [0.3, 0.4) is 0 Å². The van der Waals surface area contributed by atoms with Crippen LogP contribution in [0.15, 0.2) is 28.1 Å². The minimum absolute atomic E-state index is 0.0773. The molecule has 4 N–H and O–H groups in total. The van der Waals surface area contributed by atoms with Crippen molar-refractivity contribution in [2.45, 2.75) is 30.7 Å². The zero-order chi connectivity index (χ0) is 16.5. The summed E-state index contributed by atoms with van der Waals surface area (Å²) in [5.74, 6) is -1.41. The summed E-state index contributed by atoms with van der Waals surface area (Å²) < 4.78 is 26.7. The molecule has 1 atom stereocenters. The molecule has 0 aromatic heterocycles. The van der Waals surface area contributed by atoms with E-state index in [1.54, 1.807) is 18.2 Å². The summed E-state index contributed by atoms with van der Waals surface area (Å²) in [7, 11) is -3.84. The number of aliphatic carboxylic acids is 1. The van der Waals surface area contributed by atoms with Gasteiger partial charge in [-0.1, -0.05) is 19.9 Å². The number of nitrogens with one attached hydrogen (secondary N) is 2. The van der Waals surface area contributed by atoms with Crippen molar-refractivity contribution >= 4 is 27.6 Å². The third-order valence-corrected chi connectivity index (χ3v) is 4.57. The van der Waals surface area contributed by atoms with Crippen LogP contribution < -0.4 is 10.0 Å². The standard InChI is InChI=1S/C13H17N3O5S/c1-7(2)8-3-4-9-11(5-8)22(20,21)16-13(14-9)15-10(6-17)12(18)19/h3-5,7,10,17H,6H2,1-2H3,(H,18,19)(H2,14,15,16). The Labute approximate surface area is 127 Å². The Kier molecular flexibility index (Phi) is 4.38. The van der Waals surface area contributed by atoms with Gasteiger partial charge >= 0.3 is 5.97 Å². The number of aliphatic imine (C=N–C) groups is 1. The minimum Gasteiger partial charge on any atom is -0.480 e. The highest BCUT2D eigenvalue weighted by atomic mass is 32.2. The molecule has 2 rings (SSSR count). The van der Waals surface area contributed by atoms with E-state index in [9.17, 15) is 13.2 Å². The fraction of sp³-hybridized carbons (Fsp3) is 0.385. The van der Waals surface area contributed by atoms with Crippen LogP contribution >= 0.6 is 0 Å². The third kappa shape index (κ3) is 3.20. The SMILES string of the molecule is CC(C)c1ccc2c(c1)S(=O)(=O)NC(=NC(CO)C(=O)O)N2. The second kappa shape index (κ2) is 5.93. The molecule has 8 nitrogen and oxygen atoms in total. The molecule has 0 amide bonds. The van der Waals surface area contributed by atoms with Gasteiger partial charge in [-0.25, -0.2) is 22.9 Å². The first kappa shape index (κ1) is 16.2. The third-order valence-electron chi connectivity index (χ3n) is 3.19. The Morgan fingerprint density at radius 3 is 2.59 bits per heavy atom. The number of hydrogen-bond acceptors (Lipinski definition) is 5. The number of carboxylic acids is 1. The smallest absolute Gasteiger partial charge is 0.330 e. The predicted molar refractivity (Wildman–Crippen MR) is 80.4 cm³/mol. The number of benzene rings is 1. The summed E-state index contributed by atoms with van der Waals surface area (Å²) in [6.07, 6.45) is 0. The van der Waals surface area contributed by atoms with E-state index < -0.39 is 28.6 Å². The number of nitrogens with zero attached hydrogens (tertiary/aromatic N) is 1. The molecule has 0 aliphatic carbocycles. The zero-order valence-electron chi connectivity index (χ0n) is 12.1. The van der Waals surface area contributed by atoms with E-state index in [1.807, 2.05) is 13.8 Å². The maximum atomic E-state index is 12.3. The van der Waals surface area contributed by atoms with Crippen molar-refractivity contribution in [1.29, 1.82) is 0 Å². The van der Waals surface area contributed by atoms with Crippen molar-refractivity contribution in [3.8, 4) is 0 Å². The Hall–Kier alpha value is -2.13. The van der Waals surface area contributed by atoms with Gasteiger partial charge in [0, 0.05) is 0 Å². The summed E-state index contributed by atoms with van der Waals surface area (Å²) in [5.41, 5.74) is 1.18. The number of rotatable bonds is 4. The second-order valence-corrected chi connectivity index (χ2v) is 6.81. The summed E-state index contributed by atoms with van der Waals surface area (Å²) in [4.78, 5) is 14.6. The van der Waals surface area contributed by atoms with Gasteiger partial charge in [-0.2, -0.15) is 0 Å². The van der Waals surface area contributed by atoms with E-state index in [1.165, 1.54) is 0 Å². The monoisotopic (exact) mass is 327 g/mol. The molecule has 0 saturated heterocycles. The molecule has 9 heteroatoms. The van der Waals surface area contributed by atoms with Gasteiger partial charge in [-0.05, 0) is 23.6 Å². The van der Waals surface area contributed by atoms with Gasteiger partial charge in [-0.15, -0.1) is 0 Å². The van der Waals surface area contributed by atoms with Crippen LogP contribution in [0.25, 0.3) is 0 Å². The van der Waals surface area contributed by atoms with E-state index in [4.69, 9.17) is 10.2 Å². The van der Waals surface area contributed by atoms with Crippen molar-refractivity contribution in [1.82, 2.24) is 4.72 Å². The van der Waals surface area contributed by atoms with E-state index in [0.29, 0.717) is 5.69 Å². The van der Waals surface area contributed by atoms with Gasteiger partial charge in [-0.3, -0.25) is 0 Å². The Morgan fingerprint density at radius 1 is 1.36 bits per heavy atom. The van der Waals surface area contributed by atoms with Gasteiger partial charge in [0.05, 0.1) is 12.3 Å². The molecule has 0 radical (unpaired) electrons. The molecule has 22 heavy (non-hydrogen) atoms. The molecule has 120 valence electrons. The van der Waals surface area contributed by atoms with Crippen molar-refractivity contribution < 1.29 is 23.4 Å². The first-order valence-electron chi connectivity index (χ1n) is 6.60. The van der Waals surface area contributed by atoms with Crippen molar-refractivity contribution in [3.05, 3.63) is 23.8 Å². The number of hydrogen-bond donors (Lipinski definition) is 4. The molecule has 0 saturated carbocycles. The first-order valence-corrected chi connectivity index (χ1v) is 8.08.